The fourth-order valence-electron chi connectivity index (χ4n) is 1.77. The van der Waals surface area contributed by atoms with Crippen LogP contribution in [0.1, 0.15) is 21.7 Å². The van der Waals surface area contributed by atoms with E-state index < -0.39 is 23.5 Å². The van der Waals surface area contributed by atoms with Crippen LogP contribution < -0.4 is 5.32 Å². The van der Waals surface area contributed by atoms with Crippen molar-refractivity contribution in [2.45, 2.75) is 12.7 Å². The van der Waals surface area contributed by atoms with Gasteiger partial charge in [0, 0.05) is 31.5 Å². The lowest BCUT2D eigenvalue weighted by molar-refractivity contribution is -0.140. The quantitative estimate of drug-likeness (QED) is 0.886. The average molecular weight is 301 g/mol. The summed E-state index contributed by atoms with van der Waals surface area (Å²) < 4.78 is 52.9. The first-order valence-corrected chi connectivity index (χ1v) is 5.91. The van der Waals surface area contributed by atoms with Gasteiger partial charge in [0.15, 0.2) is 5.82 Å². The molecule has 0 spiro atoms. The predicted octanol–water partition coefficient (Wildman–Crippen LogP) is 2.51. The monoisotopic (exact) mass is 301 g/mol. The van der Waals surface area contributed by atoms with Crippen molar-refractivity contribution in [3.05, 3.63) is 53.4 Å². The van der Waals surface area contributed by atoms with Gasteiger partial charge in [-0.3, -0.25) is 4.79 Å². The summed E-state index contributed by atoms with van der Waals surface area (Å²) in [5.41, 5.74) is -1.60. The van der Waals surface area contributed by atoms with Gasteiger partial charge in [0.2, 0.25) is 0 Å². The Morgan fingerprint density at radius 3 is 2.67 bits per heavy atom. The van der Waals surface area contributed by atoms with Crippen LogP contribution in [0.5, 0.6) is 0 Å². The van der Waals surface area contributed by atoms with Crippen LogP contribution in [0, 0.1) is 5.82 Å². The van der Waals surface area contributed by atoms with E-state index in [-0.39, 0.29) is 17.9 Å². The third kappa shape index (κ3) is 3.21. The summed E-state index contributed by atoms with van der Waals surface area (Å²) in [4.78, 5) is 15.5. The van der Waals surface area contributed by atoms with Crippen LogP contribution in [0.15, 0.2) is 30.6 Å². The molecule has 2 rings (SSSR count). The number of rotatable bonds is 3. The topological polar surface area (TPSA) is 46.9 Å². The number of nitrogens with one attached hydrogen (secondary N) is 1. The Kier molecular flexibility index (Phi) is 3.97. The zero-order valence-corrected chi connectivity index (χ0v) is 10.9. The summed E-state index contributed by atoms with van der Waals surface area (Å²) in [5, 5.41) is 2.33. The largest absolute Gasteiger partial charge is 0.419 e. The van der Waals surface area contributed by atoms with Gasteiger partial charge in [-0.05, 0) is 6.07 Å². The number of benzene rings is 1. The Morgan fingerprint density at radius 1 is 1.38 bits per heavy atom. The molecule has 21 heavy (non-hydrogen) atoms. The van der Waals surface area contributed by atoms with Gasteiger partial charge < -0.3 is 9.88 Å². The van der Waals surface area contributed by atoms with Crippen LogP contribution >= 0.6 is 0 Å². The van der Waals surface area contributed by atoms with Crippen molar-refractivity contribution in [3.63, 3.8) is 0 Å². The molecule has 1 aromatic carbocycles. The second-order valence-electron chi connectivity index (χ2n) is 4.32. The van der Waals surface area contributed by atoms with Crippen molar-refractivity contribution in [3.8, 4) is 0 Å². The van der Waals surface area contributed by atoms with Crippen LogP contribution in [0.3, 0.4) is 0 Å². The number of imidazole rings is 1. The number of hydrogen-bond donors (Lipinski definition) is 1. The second kappa shape index (κ2) is 5.55. The fourth-order valence-corrected chi connectivity index (χ4v) is 1.77. The lowest BCUT2D eigenvalue weighted by atomic mass is 10.1. The molecule has 0 atom stereocenters. The number of amides is 1. The highest BCUT2D eigenvalue weighted by Gasteiger charge is 2.34. The number of aryl methyl sites for hydroxylation is 1. The van der Waals surface area contributed by atoms with E-state index in [0.29, 0.717) is 6.07 Å². The van der Waals surface area contributed by atoms with Gasteiger partial charge in [-0.2, -0.15) is 13.2 Å². The second-order valence-corrected chi connectivity index (χ2v) is 4.32. The molecule has 0 bridgehead atoms. The first-order chi connectivity index (χ1) is 9.80. The average Bonchev–Trinajstić information content (AvgIpc) is 2.82. The summed E-state index contributed by atoms with van der Waals surface area (Å²) in [6.07, 6.45) is -1.83. The Bertz CT molecular complexity index is 664. The van der Waals surface area contributed by atoms with Crippen molar-refractivity contribution in [2.75, 3.05) is 0 Å². The normalized spacial score (nSPS) is 11.5. The SMILES string of the molecule is Cn1ccnc1C(=O)NCc1cccc(C(F)(F)F)c1F. The highest BCUT2D eigenvalue weighted by atomic mass is 19.4. The maximum absolute atomic E-state index is 13.7. The highest BCUT2D eigenvalue weighted by Crippen LogP contribution is 2.32. The number of carbonyl (C=O) groups excluding carboxylic acids is 1. The molecule has 2 aromatic rings. The summed E-state index contributed by atoms with van der Waals surface area (Å²) >= 11 is 0. The number of aromatic nitrogens is 2. The summed E-state index contributed by atoms with van der Waals surface area (Å²) in [7, 11) is 1.59. The van der Waals surface area contributed by atoms with Crippen molar-refractivity contribution in [2.24, 2.45) is 7.05 Å². The van der Waals surface area contributed by atoms with Gasteiger partial charge >= 0.3 is 6.18 Å². The van der Waals surface area contributed by atoms with E-state index >= 15 is 0 Å². The molecule has 0 saturated heterocycles. The first-order valence-electron chi connectivity index (χ1n) is 5.91. The third-order valence-electron chi connectivity index (χ3n) is 2.85. The van der Waals surface area contributed by atoms with Crippen LogP contribution in [-0.2, 0) is 19.8 Å². The number of hydrogen-bond acceptors (Lipinski definition) is 2. The van der Waals surface area contributed by atoms with Crippen LogP contribution in [0.4, 0.5) is 17.6 Å². The van der Waals surface area contributed by atoms with Gasteiger partial charge in [0.25, 0.3) is 5.91 Å². The maximum Gasteiger partial charge on any atom is 0.419 e. The van der Waals surface area contributed by atoms with E-state index in [1.54, 1.807) is 13.2 Å². The minimum atomic E-state index is -4.77. The minimum Gasteiger partial charge on any atom is -0.345 e. The standard InChI is InChI=1S/C13H11F4N3O/c1-20-6-5-18-11(20)12(21)19-7-8-3-2-4-9(10(8)14)13(15,16)17/h2-6H,7H2,1H3,(H,19,21). The van der Waals surface area contributed by atoms with E-state index in [1.807, 2.05) is 0 Å². The molecule has 112 valence electrons. The van der Waals surface area contributed by atoms with Crippen LogP contribution in [-0.4, -0.2) is 15.5 Å². The molecule has 0 aliphatic heterocycles. The van der Waals surface area contributed by atoms with Crippen LogP contribution in [0.2, 0.25) is 0 Å². The smallest absolute Gasteiger partial charge is 0.345 e. The summed E-state index contributed by atoms with van der Waals surface area (Å²) in [6.45, 7) is -0.360. The Hall–Kier alpha value is -2.38. The van der Waals surface area contributed by atoms with Crippen LogP contribution in [0.25, 0.3) is 0 Å². The zero-order chi connectivity index (χ0) is 15.6. The Labute approximate surface area is 117 Å². The number of halogens is 4. The molecule has 0 radical (unpaired) electrons. The molecule has 0 saturated carbocycles. The minimum absolute atomic E-state index is 0.0855. The van der Waals surface area contributed by atoms with Crippen molar-refractivity contribution in [1.82, 2.24) is 14.9 Å². The first kappa shape index (κ1) is 15.0. The molecule has 4 nitrogen and oxygen atoms in total. The maximum atomic E-state index is 13.7. The third-order valence-corrected chi connectivity index (χ3v) is 2.85. The number of nitrogens with zero attached hydrogens (tertiary/aromatic N) is 2. The van der Waals surface area contributed by atoms with E-state index in [1.165, 1.54) is 16.8 Å². The van der Waals surface area contributed by atoms with Gasteiger partial charge in [-0.1, -0.05) is 12.1 Å². The zero-order valence-electron chi connectivity index (χ0n) is 10.9. The fraction of sp³-hybridized carbons (Fsp3) is 0.231. The molecule has 1 heterocycles. The molecule has 0 unspecified atom stereocenters. The number of alkyl halides is 3. The van der Waals surface area contributed by atoms with E-state index in [4.69, 9.17) is 0 Å². The molecule has 0 fully saturated rings. The Morgan fingerprint density at radius 2 is 2.10 bits per heavy atom. The Balaban J connectivity index is 2.14. The molecule has 1 amide bonds. The van der Waals surface area contributed by atoms with Gasteiger partial charge in [-0.15, -0.1) is 0 Å². The lowest BCUT2D eigenvalue weighted by Crippen LogP contribution is -2.26. The van der Waals surface area contributed by atoms with E-state index in [0.717, 1.165) is 6.07 Å². The van der Waals surface area contributed by atoms with Gasteiger partial charge in [0.1, 0.15) is 5.82 Å². The predicted molar refractivity (Wildman–Crippen MR) is 65.8 cm³/mol. The molecular formula is C13H11F4N3O. The molecular weight excluding hydrogens is 290 g/mol. The number of carbonyl (C=O) groups is 1. The molecule has 8 heteroatoms. The summed E-state index contributed by atoms with van der Waals surface area (Å²) in [5.74, 6) is -1.90. The highest BCUT2D eigenvalue weighted by molar-refractivity contribution is 5.90. The van der Waals surface area contributed by atoms with Crippen molar-refractivity contribution in [1.29, 1.82) is 0 Å². The molecule has 0 aliphatic rings. The van der Waals surface area contributed by atoms with Crippen molar-refractivity contribution >= 4 is 5.91 Å². The summed E-state index contributed by atoms with van der Waals surface area (Å²) in [6, 6.07) is 2.93. The van der Waals surface area contributed by atoms with Gasteiger partial charge in [-0.25, -0.2) is 9.37 Å². The van der Waals surface area contributed by atoms with E-state index in [2.05, 4.69) is 10.3 Å². The van der Waals surface area contributed by atoms with E-state index in [9.17, 15) is 22.4 Å². The molecule has 1 aromatic heterocycles. The van der Waals surface area contributed by atoms with Crippen molar-refractivity contribution < 1.29 is 22.4 Å². The van der Waals surface area contributed by atoms with Gasteiger partial charge in [0.05, 0.1) is 5.56 Å². The lowest BCUT2D eigenvalue weighted by Gasteiger charge is -2.11. The molecule has 0 aliphatic carbocycles. The molecule has 1 N–H and O–H groups in total.